The molecule has 1 aromatic heterocycles. The minimum atomic E-state index is -3.60. The maximum Gasteiger partial charge on any atom is 0.240 e. The van der Waals surface area contributed by atoms with E-state index in [4.69, 9.17) is 10.3 Å². The summed E-state index contributed by atoms with van der Waals surface area (Å²) in [7, 11) is -3.60. The van der Waals surface area contributed by atoms with Crippen molar-refractivity contribution in [1.29, 1.82) is 0 Å². The number of sulfonamides is 1. The van der Waals surface area contributed by atoms with Crippen LogP contribution in [0.5, 0.6) is 0 Å². The fraction of sp³-hybridized carbons (Fsp3) is 0.333. The highest BCUT2D eigenvalue weighted by atomic mass is 32.2. The predicted molar refractivity (Wildman–Crippen MR) is 73.5 cm³/mol. The van der Waals surface area contributed by atoms with Gasteiger partial charge < -0.3 is 10.3 Å². The van der Waals surface area contributed by atoms with Crippen molar-refractivity contribution in [1.82, 2.24) is 14.9 Å². The minimum absolute atomic E-state index is 0.179. The van der Waals surface area contributed by atoms with Crippen LogP contribution in [0, 0.1) is 13.8 Å². The van der Waals surface area contributed by atoms with E-state index in [0.29, 0.717) is 29.4 Å². The molecular formula is C12H16N4O3S. The highest BCUT2D eigenvalue weighted by molar-refractivity contribution is 7.89. The molecular weight excluding hydrogens is 280 g/mol. The van der Waals surface area contributed by atoms with Gasteiger partial charge in [-0.05, 0) is 31.5 Å². The van der Waals surface area contributed by atoms with Gasteiger partial charge in [0, 0.05) is 18.7 Å². The van der Waals surface area contributed by atoms with Gasteiger partial charge in [0.2, 0.25) is 15.9 Å². The lowest BCUT2D eigenvalue weighted by atomic mass is 10.2. The average Bonchev–Trinajstić information content (AvgIpc) is 2.78. The van der Waals surface area contributed by atoms with E-state index in [1.807, 2.05) is 0 Å². The van der Waals surface area contributed by atoms with E-state index in [0.717, 1.165) is 0 Å². The Labute approximate surface area is 117 Å². The van der Waals surface area contributed by atoms with E-state index in [1.54, 1.807) is 26.0 Å². The molecule has 0 unspecified atom stereocenters. The van der Waals surface area contributed by atoms with Crippen LogP contribution >= 0.6 is 0 Å². The third kappa shape index (κ3) is 3.34. The topological polar surface area (TPSA) is 111 Å². The second kappa shape index (κ2) is 5.59. The van der Waals surface area contributed by atoms with Crippen LogP contribution in [0.3, 0.4) is 0 Å². The van der Waals surface area contributed by atoms with E-state index in [9.17, 15) is 8.42 Å². The van der Waals surface area contributed by atoms with Crippen LogP contribution in [0.25, 0.3) is 0 Å². The van der Waals surface area contributed by atoms with Crippen molar-refractivity contribution in [2.45, 2.75) is 25.2 Å². The van der Waals surface area contributed by atoms with Gasteiger partial charge in [0.25, 0.3) is 0 Å². The normalized spacial score (nSPS) is 11.7. The van der Waals surface area contributed by atoms with Crippen LogP contribution in [-0.4, -0.2) is 25.1 Å². The zero-order valence-corrected chi connectivity index (χ0v) is 12.1. The summed E-state index contributed by atoms with van der Waals surface area (Å²) in [6, 6.07) is 4.77. The van der Waals surface area contributed by atoms with Crippen molar-refractivity contribution in [3.8, 4) is 0 Å². The maximum absolute atomic E-state index is 12.2. The fourth-order valence-corrected chi connectivity index (χ4v) is 3.03. The molecule has 2 aromatic rings. The van der Waals surface area contributed by atoms with Crippen molar-refractivity contribution in [2.24, 2.45) is 0 Å². The molecule has 20 heavy (non-hydrogen) atoms. The minimum Gasteiger partial charge on any atom is -0.399 e. The summed E-state index contributed by atoms with van der Waals surface area (Å²) in [6.45, 7) is 3.60. The Bertz CT molecular complexity index is 709. The number of nitrogens with two attached hydrogens (primary N) is 1. The molecule has 0 radical (unpaired) electrons. The lowest BCUT2D eigenvalue weighted by Gasteiger charge is -2.09. The Morgan fingerprint density at radius 1 is 1.35 bits per heavy atom. The van der Waals surface area contributed by atoms with E-state index in [1.165, 1.54) is 6.07 Å². The first kappa shape index (κ1) is 14.5. The maximum atomic E-state index is 12.2. The Morgan fingerprint density at radius 2 is 2.10 bits per heavy atom. The molecule has 0 saturated heterocycles. The van der Waals surface area contributed by atoms with Crippen molar-refractivity contribution >= 4 is 15.7 Å². The Hall–Kier alpha value is -1.93. The molecule has 0 bridgehead atoms. The first-order valence-corrected chi connectivity index (χ1v) is 7.52. The number of nitrogens with one attached hydrogen (secondary N) is 1. The summed E-state index contributed by atoms with van der Waals surface area (Å²) in [5.74, 6) is 0.920. The largest absolute Gasteiger partial charge is 0.399 e. The number of hydrogen-bond donors (Lipinski definition) is 2. The first-order chi connectivity index (χ1) is 9.38. The van der Waals surface area contributed by atoms with Gasteiger partial charge in [-0.15, -0.1) is 0 Å². The van der Waals surface area contributed by atoms with E-state index in [2.05, 4.69) is 14.9 Å². The SMILES string of the molecule is Cc1noc(CCNS(=O)(=O)c2cc(N)ccc2C)n1. The van der Waals surface area contributed by atoms with Gasteiger partial charge in [0.1, 0.15) is 0 Å². The zero-order valence-electron chi connectivity index (χ0n) is 11.3. The van der Waals surface area contributed by atoms with Crippen LogP contribution in [0.4, 0.5) is 5.69 Å². The van der Waals surface area contributed by atoms with Gasteiger partial charge in [0.05, 0.1) is 4.90 Å². The van der Waals surface area contributed by atoms with Crippen LogP contribution in [-0.2, 0) is 16.4 Å². The van der Waals surface area contributed by atoms with Gasteiger partial charge >= 0.3 is 0 Å². The van der Waals surface area contributed by atoms with Crippen molar-refractivity contribution in [3.05, 3.63) is 35.5 Å². The van der Waals surface area contributed by atoms with Crippen molar-refractivity contribution in [2.75, 3.05) is 12.3 Å². The number of benzene rings is 1. The van der Waals surface area contributed by atoms with Gasteiger partial charge in [0.15, 0.2) is 5.82 Å². The number of nitrogens with zero attached hydrogens (tertiary/aromatic N) is 2. The molecule has 0 fully saturated rings. The van der Waals surface area contributed by atoms with Crippen LogP contribution in [0.2, 0.25) is 0 Å². The molecule has 7 nitrogen and oxygen atoms in total. The third-order valence-corrected chi connectivity index (χ3v) is 4.31. The molecule has 2 rings (SSSR count). The Morgan fingerprint density at radius 3 is 2.75 bits per heavy atom. The first-order valence-electron chi connectivity index (χ1n) is 6.03. The van der Waals surface area contributed by atoms with Crippen molar-refractivity contribution in [3.63, 3.8) is 0 Å². The molecule has 108 valence electrons. The number of aryl methyl sites for hydroxylation is 2. The quantitative estimate of drug-likeness (QED) is 0.789. The number of aromatic nitrogens is 2. The van der Waals surface area contributed by atoms with Gasteiger partial charge in [-0.2, -0.15) is 4.98 Å². The second-order valence-corrected chi connectivity index (χ2v) is 6.14. The summed E-state index contributed by atoms with van der Waals surface area (Å²) < 4.78 is 31.7. The van der Waals surface area contributed by atoms with E-state index >= 15 is 0 Å². The fourth-order valence-electron chi connectivity index (χ4n) is 1.72. The van der Waals surface area contributed by atoms with Gasteiger partial charge in [-0.3, -0.25) is 0 Å². The summed E-state index contributed by atoms with van der Waals surface area (Å²) >= 11 is 0. The third-order valence-electron chi connectivity index (χ3n) is 2.70. The molecule has 0 saturated carbocycles. The van der Waals surface area contributed by atoms with Gasteiger partial charge in [-0.25, -0.2) is 13.1 Å². The smallest absolute Gasteiger partial charge is 0.240 e. The van der Waals surface area contributed by atoms with E-state index < -0.39 is 10.0 Å². The predicted octanol–water partition coefficient (Wildman–Crippen LogP) is 0.790. The molecule has 8 heteroatoms. The zero-order chi connectivity index (χ0) is 14.8. The van der Waals surface area contributed by atoms with Crippen LogP contribution < -0.4 is 10.5 Å². The summed E-state index contributed by atoms with van der Waals surface area (Å²) in [5, 5.41) is 3.64. The molecule has 1 heterocycles. The van der Waals surface area contributed by atoms with Crippen molar-refractivity contribution < 1.29 is 12.9 Å². The number of nitrogen functional groups attached to an aromatic ring is 1. The Balaban J connectivity index is 2.06. The number of hydrogen-bond acceptors (Lipinski definition) is 6. The lowest BCUT2D eigenvalue weighted by molar-refractivity contribution is 0.375. The lowest BCUT2D eigenvalue weighted by Crippen LogP contribution is -2.26. The molecule has 0 aliphatic heterocycles. The van der Waals surface area contributed by atoms with E-state index in [-0.39, 0.29) is 11.4 Å². The molecule has 0 spiro atoms. The van der Waals surface area contributed by atoms with Gasteiger partial charge in [-0.1, -0.05) is 11.2 Å². The molecule has 0 amide bonds. The molecule has 0 aliphatic carbocycles. The van der Waals surface area contributed by atoms with Crippen LogP contribution in [0.15, 0.2) is 27.6 Å². The van der Waals surface area contributed by atoms with Crippen LogP contribution in [0.1, 0.15) is 17.3 Å². The number of anilines is 1. The summed E-state index contributed by atoms with van der Waals surface area (Å²) in [5.41, 5.74) is 6.67. The second-order valence-electron chi connectivity index (χ2n) is 4.41. The summed E-state index contributed by atoms with van der Waals surface area (Å²) in [4.78, 5) is 4.18. The summed E-state index contributed by atoms with van der Waals surface area (Å²) in [6.07, 6.45) is 0.335. The number of rotatable bonds is 5. The Kier molecular flexibility index (Phi) is 4.05. The highest BCUT2D eigenvalue weighted by Gasteiger charge is 2.17. The monoisotopic (exact) mass is 296 g/mol. The molecule has 1 aromatic carbocycles. The molecule has 0 aliphatic rings. The standard InChI is InChI=1S/C12H16N4O3S/c1-8-3-4-10(13)7-11(8)20(17,18)14-6-5-12-15-9(2)16-19-12/h3-4,7,14H,5-6,13H2,1-2H3. The molecule has 0 atom stereocenters. The molecule has 3 N–H and O–H groups in total. The average molecular weight is 296 g/mol. The highest BCUT2D eigenvalue weighted by Crippen LogP contribution is 2.17.